The Morgan fingerprint density at radius 1 is 1.10 bits per heavy atom. The molecule has 0 spiro atoms. The van der Waals surface area contributed by atoms with Gasteiger partial charge in [0, 0.05) is 36.0 Å². The Labute approximate surface area is 178 Å². The lowest BCUT2D eigenvalue weighted by molar-refractivity contribution is 0.282. The largest absolute Gasteiger partial charge is 0.489 e. The second kappa shape index (κ2) is 9.21. The van der Waals surface area contributed by atoms with Gasteiger partial charge in [0.1, 0.15) is 17.9 Å². The second-order valence-electron chi connectivity index (χ2n) is 7.16. The number of thiazole rings is 1. The molecule has 0 fully saturated rings. The van der Waals surface area contributed by atoms with E-state index in [0.717, 1.165) is 24.3 Å². The lowest BCUT2D eigenvalue weighted by atomic mass is 10.1. The summed E-state index contributed by atoms with van der Waals surface area (Å²) in [6.07, 6.45) is 0. The first-order valence-electron chi connectivity index (χ1n) is 9.54. The van der Waals surface area contributed by atoms with Gasteiger partial charge in [-0.1, -0.05) is 24.3 Å². The van der Waals surface area contributed by atoms with E-state index in [-0.39, 0.29) is 6.61 Å². The molecule has 4 aromatic rings. The van der Waals surface area contributed by atoms with Crippen molar-refractivity contribution in [1.82, 2.24) is 9.88 Å². The summed E-state index contributed by atoms with van der Waals surface area (Å²) >= 11 is 1.61. The summed E-state index contributed by atoms with van der Waals surface area (Å²) in [6, 6.07) is 14.9. The van der Waals surface area contributed by atoms with Gasteiger partial charge >= 0.3 is 5.63 Å². The molecule has 0 unspecified atom stereocenters. The highest BCUT2D eigenvalue weighted by Crippen LogP contribution is 2.23. The van der Waals surface area contributed by atoms with Crippen molar-refractivity contribution in [2.75, 3.05) is 7.05 Å². The van der Waals surface area contributed by atoms with Gasteiger partial charge in [0.25, 0.3) is 0 Å². The number of aliphatic hydroxyl groups excluding tert-OH is 1. The highest BCUT2D eigenvalue weighted by molar-refractivity contribution is 7.07. The molecule has 0 aliphatic heterocycles. The van der Waals surface area contributed by atoms with Crippen LogP contribution in [0.4, 0.5) is 0 Å². The Bertz CT molecular complexity index is 1170. The number of fused-ring (bicyclic) bond motifs is 1. The first kappa shape index (κ1) is 20.3. The third-order valence-corrected chi connectivity index (χ3v) is 5.40. The molecule has 30 heavy (non-hydrogen) atoms. The normalized spacial score (nSPS) is 11.3. The molecule has 0 aliphatic carbocycles. The molecule has 7 heteroatoms. The quantitative estimate of drug-likeness (QED) is 0.433. The van der Waals surface area contributed by atoms with Crippen LogP contribution in [0, 0.1) is 0 Å². The van der Waals surface area contributed by atoms with Crippen LogP contribution >= 0.6 is 11.3 Å². The number of hydrogen-bond donors (Lipinski definition) is 1. The van der Waals surface area contributed by atoms with Crippen LogP contribution < -0.4 is 10.4 Å². The van der Waals surface area contributed by atoms with Gasteiger partial charge in [-0.05, 0) is 35.9 Å². The lowest BCUT2D eigenvalue weighted by Crippen LogP contribution is -2.17. The lowest BCUT2D eigenvalue weighted by Gasteiger charge is -2.15. The molecule has 0 radical (unpaired) electrons. The molecule has 6 nitrogen and oxygen atoms in total. The zero-order chi connectivity index (χ0) is 20.9. The summed E-state index contributed by atoms with van der Waals surface area (Å²) in [5.74, 6) is 0.604. The van der Waals surface area contributed by atoms with Crippen LogP contribution in [0.2, 0.25) is 0 Å². The van der Waals surface area contributed by atoms with Crippen LogP contribution in [-0.2, 0) is 26.3 Å². The Balaban J connectivity index is 1.37. The van der Waals surface area contributed by atoms with Gasteiger partial charge in [-0.15, -0.1) is 11.3 Å². The first-order valence-corrected chi connectivity index (χ1v) is 10.5. The van der Waals surface area contributed by atoms with Gasteiger partial charge in [0.05, 0.1) is 17.8 Å². The number of benzene rings is 2. The summed E-state index contributed by atoms with van der Waals surface area (Å²) in [4.78, 5) is 18.2. The summed E-state index contributed by atoms with van der Waals surface area (Å²) in [7, 11) is 2.08. The molecule has 2 aromatic carbocycles. The Morgan fingerprint density at radius 3 is 2.63 bits per heavy atom. The average molecular weight is 423 g/mol. The van der Waals surface area contributed by atoms with E-state index in [4.69, 9.17) is 9.15 Å². The van der Waals surface area contributed by atoms with Crippen molar-refractivity contribution in [3.63, 3.8) is 0 Å². The van der Waals surface area contributed by atoms with E-state index in [1.807, 2.05) is 11.6 Å². The average Bonchev–Trinajstić information content (AvgIpc) is 3.25. The Hall–Kier alpha value is -3.00. The molecule has 1 N–H and O–H groups in total. The molecule has 0 atom stereocenters. The first-order chi connectivity index (χ1) is 14.6. The van der Waals surface area contributed by atoms with E-state index >= 15 is 0 Å². The summed E-state index contributed by atoms with van der Waals surface area (Å²) in [6.45, 7) is 1.86. The molecular formula is C23H22N2O4S. The maximum atomic E-state index is 11.6. The monoisotopic (exact) mass is 422 g/mol. The van der Waals surface area contributed by atoms with Crippen LogP contribution in [0.1, 0.15) is 22.4 Å². The maximum absolute atomic E-state index is 11.6. The molecule has 4 rings (SSSR count). The van der Waals surface area contributed by atoms with Gasteiger partial charge in [-0.3, -0.25) is 4.90 Å². The second-order valence-corrected chi connectivity index (χ2v) is 7.88. The smallest absolute Gasteiger partial charge is 0.336 e. The van der Waals surface area contributed by atoms with Crippen molar-refractivity contribution < 1.29 is 14.3 Å². The molecule has 0 bridgehead atoms. The van der Waals surface area contributed by atoms with Crippen LogP contribution in [-0.4, -0.2) is 22.0 Å². The number of hydrogen-bond acceptors (Lipinski definition) is 7. The minimum atomic E-state index is -0.487. The molecule has 0 amide bonds. The zero-order valence-corrected chi connectivity index (χ0v) is 17.4. The summed E-state index contributed by atoms with van der Waals surface area (Å²) < 4.78 is 11.1. The fourth-order valence-corrected chi connectivity index (χ4v) is 3.85. The van der Waals surface area contributed by atoms with Crippen molar-refractivity contribution >= 4 is 22.3 Å². The highest BCUT2D eigenvalue weighted by atomic mass is 32.1. The van der Waals surface area contributed by atoms with E-state index in [2.05, 4.69) is 46.6 Å². The number of aromatic nitrogens is 1. The van der Waals surface area contributed by atoms with E-state index in [1.165, 1.54) is 11.6 Å². The minimum Gasteiger partial charge on any atom is -0.489 e. The highest BCUT2D eigenvalue weighted by Gasteiger charge is 2.07. The van der Waals surface area contributed by atoms with Crippen molar-refractivity contribution in [3.8, 4) is 5.75 Å². The number of aliphatic hydroxyl groups is 1. The maximum Gasteiger partial charge on any atom is 0.336 e. The van der Waals surface area contributed by atoms with E-state index in [9.17, 15) is 9.90 Å². The molecule has 0 saturated heterocycles. The molecule has 2 aromatic heterocycles. The van der Waals surface area contributed by atoms with Crippen molar-refractivity contribution in [2.45, 2.75) is 26.3 Å². The summed E-state index contributed by atoms with van der Waals surface area (Å²) in [5, 5.41) is 12.2. The number of ether oxygens (including phenoxy) is 1. The minimum absolute atomic E-state index is 0.215. The molecule has 2 heterocycles. The standard InChI is InChI=1S/C23H22N2O4S/c1-25(11-19-14-30-15-24-19)10-16-2-4-17(5-3-16)13-28-20-6-7-21-18(12-26)8-23(27)29-22(21)9-20/h2-9,14-15,26H,10-13H2,1H3. The van der Waals surface area contributed by atoms with Gasteiger partial charge in [0.15, 0.2) is 0 Å². The third kappa shape index (κ3) is 4.94. The van der Waals surface area contributed by atoms with Crippen molar-refractivity contribution in [3.05, 3.63) is 92.2 Å². The van der Waals surface area contributed by atoms with Gasteiger partial charge in [0.2, 0.25) is 0 Å². The van der Waals surface area contributed by atoms with E-state index in [1.54, 1.807) is 23.5 Å². The summed E-state index contributed by atoms with van der Waals surface area (Å²) in [5.41, 5.74) is 5.67. The van der Waals surface area contributed by atoms with E-state index in [0.29, 0.717) is 28.9 Å². The fraction of sp³-hybridized carbons (Fsp3) is 0.217. The topological polar surface area (TPSA) is 75.8 Å². The third-order valence-electron chi connectivity index (χ3n) is 4.77. The van der Waals surface area contributed by atoms with Crippen LogP contribution in [0.5, 0.6) is 5.75 Å². The van der Waals surface area contributed by atoms with Crippen LogP contribution in [0.25, 0.3) is 11.0 Å². The molecule has 0 saturated carbocycles. The number of nitrogens with zero attached hydrogens (tertiary/aromatic N) is 2. The molecule has 154 valence electrons. The van der Waals surface area contributed by atoms with Crippen LogP contribution in [0.3, 0.4) is 0 Å². The SMILES string of the molecule is CN(Cc1ccc(COc2ccc3c(CO)cc(=O)oc3c2)cc1)Cc1cscn1. The van der Waals surface area contributed by atoms with Gasteiger partial charge in [-0.2, -0.15) is 0 Å². The Kier molecular flexibility index (Phi) is 6.23. The Morgan fingerprint density at radius 2 is 1.90 bits per heavy atom. The van der Waals surface area contributed by atoms with Crippen molar-refractivity contribution in [2.24, 2.45) is 0 Å². The molecular weight excluding hydrogens is 400 g/mol. The van der Waals surface area contributed by atoms with Crippen LogP contribution in [0.15, 0.2) is 68.6 Å². The predicted octanol–water partition coefficient (Wildman–Crippen LogP) is 3.95. The number of rotatable bonds is 8. The van der Waals surface area contributed by atoms with Gasteiger partial charge in [-0.25, -0.2) is 9.78 Å². The predicted molar refractivity (Wildman–Crippen MR) is 116 cm³/mol. The van der Waals surface area contributed by atoms with Crippen molar-refractivity contribution in [1.29, 1.82) is 0 Å². The fourth-order valence-electron chi connectivity index (χ4n) is 3.30. The van der Waals surface area contributed by atoms with E-state index < -0.39 is 5.63 Å². The van der Waals surface area contributed by atoms with Gasteiger partial charge < -0.3 is 14.3 Å². The zero-order valence-electron chi connectivity index (χ0n) is 16.6. The molecule has 0 aliphatic rings.